The van der Waals surface area contributed by atoms with Crippen LogP contribution in [0.2, 0.25) is 0 Å². The summed E-state index contributed by atoms with van der Waals surface area (Å²) in [6.45, 7) is 4.36. The SMILES string of the molecule is CC[C@@H](C)c1ccccc1NC(=O)Cc1coc2cc3c(cc12)CCC3. The Morgan fingerprint density at radius 2 is 1.96 bits per heavy atom. The van der Waals surface area contributed by atoms with Crippen molar-refractivity contribution in [3.8, 4) is 0 Å². The first-order valence-electron chi connectivity index (χ1n) is 9.56. The summed E-state index contributed by atoms with van der Waals surface area (Å²) in [5.74, 6) is 0.424. The number of hydrogen-bond acceptors (Lipinski definition) is 2. The lowest BCUT2D eigenvalue weighted by molar-refractivity contribution is -0.115. The molecule has 3 aromatic rings. The van der Waals surface area contributed by atoms with Crippen molar-refractivity contribution in [2.24, 2.45) is 0 Å². The van der Waals surface area contributed by atoms with E-state index in [1.807, 2.05) is 18.2 Å². The van der Waals surface area contributed by atoms with Gasteiger partial charge in [-0.05, 0) is 66.5 Å². The summed E-state index contributed by atoms with van der Waals surface area (Å²) in [5, 5.41) is 4.18. The van der Waals surface area contributed by atoms with E-state index in [-0.39, 0.29) is 5.91 Å². The minimum Gasteiger partial charge on any atom is -0.464 e. The minimum absolute atomic E-state index is 0.00366. The summed E-state index contributed by atoms with van der Waals surface area (Å²) in [7, 11) is 0. The quantitative estimate of drug-likeness (QED) is 0.651. The van der Waals surface area contributed by atoms with Gasteiger partial charge in [0.1, 0.15) is 5.58 Å². The van der Waals surface area contributed by atoms with Gasteiger partial charge in [-0.25, -0.2) is 0 Å². The zero-order valence-corrected chi connectivity index (χ0v) is 15.5. The number of carbonyl (C=O) groups excluding carboxylic acids is 1. The second kappa shape index (κ2) is 6.99. The number of nitrogens with one attached hydrogen (secondary N) is 1. The van der Waals surface area contributed by atoms with Crippen LogP contribution in [0.3, 0.4) is 0 Å². The average Bonchev–Trinajstić information content (AvgIpc) is 3.26. The van der Waals surface area contributed by atoms with E-state index in [1.165, 1.54) is 23.1 Å². The lowest BCUT2D eigenvalue weighted by Gasteiger charge is -2.15. The number of carbonyl (C=O) groups is 1. The van der Waals surface area contributed by atoms with Crippen molar-refractivity contribution < 1.29 is 9.21 Å². The molecule has 1 atom stereocenters. The zero-order valence-electron chi connectivity index (χ0n) is 15.5. The highest BCUT2D eigenvalue weighted by atomic mass is 16.3. The molecule has 0 fully saturated rings. The fraction of sp³-hybridized carbons (Fsp3) is 0.348. The highest BCUT2D eigenvalue weighted by molar-refractivity contribution is 5.96. The van der Waals surface area contributed by atoms with Crippen LogP contribution in [0.4, 0.5) is 5.69 Å². The molecular weight excluding hydrogens is 322 g/mol. The maximum atomic E-state index is 12.7. The van der Waals surface area contributed by atoms with Gasteiger partial charge < -0.3 is 9.73 Å². The maximum absolute atomic E-state index is 12.7. The Balaban J connectivity index is 1.55. The first-order valence-corrected chi connectivity index (χ1v) is 9.56. The van der Waals surface area contributed by atoms with Gasteiger partial charge in [0.15, 0.2) is 0 Å². The van der Waals surface area contributed by atoms with Gasteiger partial charge in [-0.3, -0.25) is 4.79 Å². The van der Waals surface area contributed by atoms with E-state index in [0.717, 1.165) is 41.5 Å². The molecule has 1 heterocycles. The van der Waals surface area contributed by atoms with Crippen molar-refractivity contribution in [3.63, 3.8) is 0 Å². The Labute approximate surface area is 154 Å². The Bertz CT molecular complexity index is 954. The molecule has 134 valence electrons. The number of fused-ring (bicyclic) bond motifs is 2. The predicted octanol–water partition coefficient (Wildman–Crippen LogP) is 5.62. The molecule has 0 unspecified atom stereocenters. The third kappa shape index (κ3) is 3.14. The van der Waals surface area contributed by atoms with Gasteiger partial charge in [-0.1, -0.05) is 32.0 Å². The second-order valence-corrected chi connectivity index (χ2v) is 7.35. The Morgan fingerprint density at radius 1 is 1.19 bits per heavy atom. The molecule has 3 nitrogen and oxygen atoms in total. The fourth-order valence-corrected chi connectivity index (χ4v) is 3.91. The van der Waals surface area contributed by atoms with E-state index in [0.29, 0.717) is 12.3 Å². The molecule has 1 N–H and O–H groups in total. The van der Waals surface area contributed by atoms with Crippen LogP contribution in [-0.4, -0.2) is 5.91 Å². The van der Waals surface area contributed by atoms with Crippen LogP contribution in [0.5, 0.6) is 0 Å². The molecule has 0 spiro atoms. The van der Waals surface area contributed by atoms with Crippen LogP contribution >= 0.6 is 0 Å². The molecule has 1 amide bonds. The topological polar surface area (TPSA) is 42.2 Å². The lowest BCUT2D eigenvalue weighted by atomic mass is 9.96. The van der Waals surface area contributed by atoms with E-state index in [1.54, 1.807) is 6.26 Å². The summed E-state index contributed by atoms with van der Waals surface area (Å²) < 4.78 is 5.72. The third-order valence-corrected chi connectivity index (χ3v) is 5.60. The van der Waals surface area contributed by atoms with Crippen LogP contribution in [0.15, 0.2) is 47.1 Å². The highest BCUT2D eigenvalue weighted by Crippen LogP contribution is 2.31. The first kappa shape index (κ1) is 16.9. The molecule has 1 aromatic heterocycles. The van der Waals surface area contributed by atoms with Crippen molar-refractivity contribution in [2.45, 2.75) is 51.9 Å². The fourth-order valence-electron chi connectivity index (χ4n) is 3.91. The van der Waals surface area contributed by atoms with Gasteiger partial charge in [0.05, 0.1) is 12.7 Å². The average molecular weight is 347 g/mol. The van der Waals surface area contributed by atoms with Crippen molar-refractivity contribution in [1.82, 2.24) is 0 Å². The normalized spacial score (nSPS) is 14.4. The van der Waals surface area contributed by atoms with Gasteiger partial charge >= 0.3 is 0 Å². The molecule has 0 radical (unpaired) electrons. The molecule has 0 saturated heterocycles. The summed E-state index contributed by atoms with van der Waals surface area (Å²) in [5.41, 5.74) is 6.77. The monoisotopic (exact) mass is 347 g/mol. The lowest BCUT2D eigenvalue weighted by Crippen LogP contribution is -2.16. The first-order chi connectivity index (χ1) is 12.7. The Kier molecular flexibility index (Phi) is 4.54. The van der Waals surface area contributed by atoms with Crippen LogP contribution in [0, 0.1) is 0 Å². The van der Waals surface area contributed by atoms with Gasteiger partial charge in [0, 0.05) is 16.6 Å². The molecule has 2 aromatic carbocycles. The largest absolute Gasteiger partial charge is 0.464 e. The van der Waals surface area contributed by atoms with Crippen LogP contribution in [0.25, 0.3) is 11.0 Å². The van der Waals surface area contributed by atoms with E-state index < -0.39 is 0 Å². The van der Waals surface area contributed by atoms with Crippen molar-refractivity contribution in [3.05, 3.63) is 64.9 Å². The number of anilines is 1. The minimum atomic E-state index is 0.00366. The van der Waals surface area contributed by atoms with Crippen LogP contribution in [0.1, 0.15) is 54.9 Å². The Hall–Kier alpha value is -2.55. The van der Waals surface area contributed by atoms with Crippen molar-refractivity contribution >= 4 is 22.6 Å². The van der Waals surface area contributed by atoms with Crippen molar-refractivity contribution in [1.29, 1.82) is 0 Å². The van der Waals surface area contributed by atoms with Crippen molar-refractivity contribution in [2.75, 3.05) is 5.32 Å². The number of furan rings is 1. The number of benzene rings is 2. The number of para-hydroxylation sites is 1. The summed E-state index contributed by atoms with van der Waals surface area (Å²) in [4.78, 5) is 12.7. The predicted molar refractivity (Wildman–Crippen MR) is 106 cm³/mol. The standard InChI is InChI=1S/C23H25NO2/c1-3-15(2)19-9-4-5-10-21(19)24-23(25)13-18-14-26-22-12-17-8-6-7-16(17)11-20(18)22/h4-5,9-12,14-15H,3,6-8,13H2,1-2H3,(H,24,25)/t15-/m1/s1. The second-order valence-electron chi connectivity index (χ2n) is 7.35. The van der Waals surface area contributed by atoms with Crippen LogP contribution < -0.4 is 5.32 Å². The molecule has 26 heavy (non-hydrogen) atoms. The number of aryl methyl sites for hydroxylation is 2. The number of rotatable bonds is 5. The summed E-state index contributed by atoms with van der Waals surface area (Å²) in [6.07, 6.45) is 6.59. The number of hydrogen-bond donors (Lipinski definition) is 1. The van der Waals surface area contributed by atoms with E-state index in [2.05, 4.69) is 37.4 Å². The highest BCUT2D eigenvalue weighted by Gasteiger charge is 2.17. The van der Waals surface area contributed by atoms with E-state index >= 15 is 0 Å². The van der Waals surface area contributed by atoms with Gasteiger partial charge in [0.25, 0.3) is 0 Å². The molecule has 4 rings (SSSR count). The van der Waals surface area contributed by atoms with Gasteiger partial charge in [-0.15, -0.1) is 0 Å². The Morgan fingerprint density at radius 3 is 2.77 bits per heavy atom. The molecule has 3 heteroatoms. The van der Waals surface area contributed by atoms with E-state index in [4.69, 9.17) is 4.42 Å². The summed E-state index contributed by atoms with van der Waals surface area (Å²) in [6, 6.07) is 12.5. The molecule has 0 bridgehead atoms. The number of amides is 1. The summed E-state index contributed by atoms with van der Waals surface area (Å²) >= 11 is 0. The van der Waals surface area contributed by atoms with E-state index in [9.17, 15) is 4.79 Å². The van der Waals surface area contributed by atoms with Gasteiger partial charge in [-0.2, -0.15) is 0 Å². The van der Waals surface area contributed by atoms with Gasteiger partial charge in [0.2, 0.25) is 5.91 Å². The molecule has 0 aliphatic heterocycles. The molecular formula is C23H25NO2. The third-order valence-electron chi connectivity index (χ3n) is 5.60. The zero-order chi connectivity index (χ0) is 18.1. The van der Waals surface area contributed by atoms with Crippen LogP contribution in [-0.2, 0) is 24.1 Å². The molecule has 1 aliphatic rings. The maximum Gasteiger partial charge on any atom is 0.228 e. The molecule has 1 aliphatic carbocycles. The smallest absolute Gasteiger partial charge is 0.228 e. The molecule has 0 saturated carbocycles.